The van der Waals surface area contributed by atoms with E-state index in [1.807, 2.05) is 23.9 Å². The second kappa shape index (κ2) is 8.47. The van der Waals surface area contributed by atoms with Crippen LogP contribution in [0.2, 0.25) is 0 Å². The first-order valence-corrected chi connectivity index (χ1v) is 10.9. The number of carbonyl (C=O) groups excluding carboxylic acids is 1. The van der Waals surface area contributed by atoms with Crippen molar-refractivity contribution in [2.75, 3.05) is 6.54 Å². The van der Waals surface area contributed by atoms with Gasteiger partial charge in [0.2, 0.25) is 0 Å². The lowest BCUT2D eigenvalue weighted by atomic mass is 10.0. The van der Waals surface area contributed by atoms with Gasteiger partial charge in [0, 0.05) is 29.6 Å². The minimum Gasteiger partial charge on any atom is -0.347 e. The maximum absolute atomic E-state index is 13.0. The fraction of sp³-hybridized carbons (Fsp3) is 0.364. The molecule has 0 aliphatic carbocycles. The van der Waals surface area contributed by atoms with E-state index in [-0.39, 0.29) is 18.9 Å². The molecule has 3 N–H and O–H groups in total. The highest BCUT2D eigenvalue weighted by Crippen LogP contribution is 2.36. The average Bonchev–Trinajstić information content (AvgIpc) is 3.26. The topological polar surface area (TPSA) is 72.9 Å². The molecule has 0 spiro atoms. The summed E-state index contributed by atoms with van der Waals surface area (Å²) in [5, 5.41) is 7.32. The number of hydrogen-bond acceptors (Lipinski definition) is 4. The molecule has 0 fully saturated rings. The van der Waals surface area contributed by atoms with Crippen molar-refractivity contribution >= 4 is 17.2 Å². The van der Waals surface area contributed by atoms with Crippen LogP contribution in [0.25, 0.3) is 11.3 Å². The zero-order valence-corrected chi connectivity index (χ0v) is 17.8. The SMILES string of the molecule is Cc1cnn2c1-c1cc(C(=O)NC(CN)Cc3cccc(C(F)(F)F)c3)sc1CCC2. The largest absolute Gasteiger partial charge is 0.416 e. The number of thiophene rings is 1. The van der Waals surface area contributed by atoms with Gasteiger partial charge in [0.25, 0.3) is 5.91 Å². The van der Waals surface area contributed by atoms with Crippen LogP contribution in [0.1, 0.15) is 37.7 Å². The van der Waals surface area contributed by atoms with Crippen molar-refractivity contribution in [3.05, 3.63) is 63.0 Å². The Labute approximate surface area is 182 Å². The number of carbonyl (C=O) groups is 1. The van der Waals surface area contributed by atoms with E-state index in [9.17, 15) is 18.0 Å². The molecule has 2 aromatic heterocycles. The number of nitrogens with one attached hydrogen (secondary N) is 1. The zero-order chi connectivity index (χ0) is 22.2. The lowest BCUT2D eigenvalue weighted by Crippen LogP contribution is -2.41. The molecule has 164 valence electrons. The van der Waals surface area contributed by atoms with Gasteiger partial charge in [-0.2, -0.15) is 18.3 Å². The molecule has 0 saturated carbocycles. The monoisotopic (exact) mass is 448 g/mol. The van der Waals surface area contributed by atoms with Gasteiger partial charge in [-0.15, -0.1) is 11.3 Å². The van der Waals surface area contributed by atoms with E-state index >= 15 is 0 Å². The molecule has 1 aliphatic heterocycles. The fourth-order valence-electron chi connectivity index (χ4n) is 3.92. The number of benzene rings is 1. The number of rotatable bonds is 5. The molecule has 4 rings (SSSR count). The Hall–Kier alpha value is -2.65. The lowest BCUT2D eigenvalue weighted by Gasteiger charge is -2.17. The van der Waals surface area contributed by atoms with E-state index in [2.05, 4.69) is 10.4 Å². The Kier molecular flexibility index (Phi) is 5.90. The summed E-state index contributed by atoms with van der Waals surface area (Å²) >= 11 is 1.45. The summed E-state index contributed by atoms with van der Waals surface area (Å²) in [5.41, 5.74) is 8.73. The van der Waals surface area contributed by atoms with E-state index < -0.39 is 17.8 Å². The molecule has 1 atom stereocenters. The Morgan fingerprint density at radius 3 is 2.90 bits per heavy atom. The predicted octanol–water partition coefficient (Wildman–Crippen LogP) is 4.18. The number of hydrogen-bond donors (Lipinski definition) is 2. The van der Waals surface area contributed by atoms with Crippen LogP contribution in [-0.2, 0) is 25.6 Å². The maximum Gasteiger partial charge on any atom is 0.416 e. The van der Waals surface area contributed by atoms with Gasteiger partial charge in [-0.1, -0.05) is 18.2 Å². The summed E-state index contributed by atoms with van der Waals surface area (Å²) in [6.45, 7) is 2.97. The van der Waals surface area contributed by atoms with Crippen molar-refractivity contribution in [3.8, 4) is 11.3 Å². The molecule has 0 bridgehead atoms. The lowest BCUT2D eigenvalue weighted by molar-refractivity contribution is -0.137. The average molecular weight is 449 g/mol. The highest BCUT2D eigenvalue weighted by molar-refractivity contribution is 7.14. The van der Waals surface area contributed by atoms with Crippen LogP contribution in [0.15, 0.2) is 36.5 Å². The van der Waals surface area contributed by atoms with Crippen molar-refractivity contribution in [1.29, 1.82) is 0 Å². The molecular weight excluding hydrogens is 425 g/mol. The van der Waals surface area contributed by atoms with Crippen LogP contribution < -0.4 is 11.1 Å². The van der Waals surface area contributed by atoms with Gasteiger partial charge < -0.3 is 11.1 Å². The first kappa shape index (κ1) is 21.6. The van der Waals surface area contributed by atoms with E-state index in [0.717, 1.165) is 53.2 Å². The van der Waals surface area contributed by atoms with Gasteiger partial charge in [-0.05, 0) is 49.4 Å². The van der Waals surface area contributed by atoms with Crippen molar-refractivity contribution in [1.82, 2.24) is 15.1 Å². The second-order valence-electron chi connectivity index (χ2n) is 7.76. The number of alkyl halides is 3. The van der Waals surface area contributed by atoms with Crippen molar-refractivity contribution < 1.29 is 18.0 Å². The van der Waals surface area contributed by atoms with Crippen molar-refractivity contribution in [2.24, 2.45) is 5.73 Å². The van der Waals surface area contributed by atoms with Crippen LogP contribution in [0.4, 0.5) is 13.2 Å². The molecular formula is C22H23F3N4OS. The smallest absolute Gasteiger partial charge is 0.347 e. The fourth-order valence-corrected chi connectivity index (χ4v) is 5.03. The summed E-state index contributed by atoms with van der Waals surface area (Å²) in [6.07, 6.45) is -0.522. The first-order valence-electron chi connectivity index (χ1n) is 10.1. The van der Waals surface area contributed by atoms with E-state index in [4.69, 9.17) is 5.73 Å². The molecule has 3 heterocycles. The summed E-state index contributed by atoms with van der Waals surface area (Å²) in [4.78, 5) is 14.6. The van der Waals surface area contributed by atoms with E-state index in [1.54, 1.807) is 6.07 Å². The van der Waals surface area contributed by atoms with Gasteiger partial charge in [-0.25, -0.2) is 0 Å². The van der Waals surface area contributed by atoms with Crippen molar-refractivity contribution in [3.63, 3.8) is 0 Å². The Morgan fingerprint density at radius 2 is 2.16 bits per heavy atom. The van der Waals surface area contributed by atoms with Crippen LogP contribution in [0.3, 0.4) is 0 Å². The summed E-state index contributed by atoms with van der Waals surface area (Å²) < 4.78 is 40.9. The Balaban J connectivity index is 1.52. The van der Waals surface area contributed by atoms with Gasteiger partial charge in [0.15, 0.2) is 0 Å². The van der Waals surface area contributed by atoms with Crippen molar-refractivity contribution in [2.45, 2.75) is 44.9 Å². The Morgan fingerprint density at radius 1 is 1.35 bits per heavy atom. The number of aromatic nitrogens is 2. The van der Waals surface area contributed by atoms with Crippen LogP contribution >= 0.6 is 11.3 Å². The number of nitrogens with zero attached hydrogens (tertiary/aromatic N) is 2. The summed E-state index contributed by atoms with van der Waals surface area (Å²) in [7, 11) is 0. The first-order chi connectivity index (χ1) is 14.8. The van der Waals surface area contributed by atoms with Gasteiger partial charge >= 0.3 is 6.18 Å². The highest BCUT2D eigenvalue weighted by atomic mass is 32.1. The number of fused-ring (bicyclic) bond motifs is 3. The molecule has 31 heavy (non-hydrogen) atoms. The van der Waals surface area contributed by atoms with E-state index in [0.29, 0.717) is 10.4 Å². The second-order valence-corrected chi connectivity index (χ2v) is 8.90. The number of amides is 1. The molecule has 3 aromatic rings. The maximum atomic E-state index is 13.0. The summed E-state index contributed by atoms with van der Waals surface area (Å²) in [5.74, 6) is -0.260. The number of aryl methyl sites for hydroxylation is 3. The van der Waals surface area contributed by atoms with Gasteiger partial charge in [-0.3, -0.25) is 9.48 Å². The number of nitrogens with two attached hydrogens (primary N) is 1. The molecule has 1 unspecified atom stereocenters. The molecule has 1 aromatic carbocycles. The molecule has 0 saturated heterocycles. The highest BCUT2D eigenvalue weighted by Gasteiger charge is 2.30. The molecule has 0 radical (unpaired) electrons. The van der Waals surface area contributed by atoms with Gasteiger partial charge in [0.05, 0.1) is 22.3 Å². The predicted molar refractivity (Wildman–Crippen MR) is 114 cm³/mol. The zero-order valence-electron chi connectivity index (χ0n) is 17.0. The molecule has 9 heteroatoms. The van der Waals surface area contributed by atoms with Crippen LogP contribution in [0.5, 0.6) is 0 Å². The quantitative estimate of drug-likeness (QED) is 0.615. The minimum atomic E-state index is -4.41. The van der Waals surface area contributed by atoms with Gasteiger partial charge in [0.1, 0.15) is 0 Å². The third-order valence-electron chi connectivity index (χ3n) is 5.44. The van der Waals surface area contributed by atoms with E-state index in [1.165, 1.54) is 17.4 Å². The normalized spacial score (nSPS) is 14.5. The van der Waals surface area contributed by atoms with Crippen LogP contribution in [0, 0.1) is 6.92 Å². The minimum absolute atomic E-state index is 0.124. The number of halogens is 3. The standard InChI is InChI=1S/C22H23F3N4OS/c1-13-12-27-29-7-3-6-18-17(20(13)29)10-19(31-18)21(30)28-16(11-26)9-14-4-2-5-15(8-14)22(23,24)25/h2,4-5,8,10,12,16H,3,6-7,9,11,26H2,1H3,(H,28,30). The Bertz CT molecular complexity index is 1100. The molecule has 5 nitrogen and oxygen atoms in total. The molecule has 1 aliphatic rings. The third-order valence-corrected chi connectivity index (χ3v) is 6.63. The summed E-state index contributed by atoms with van der Waals surface area (Å²) in [6, 6.07) is 6.54. The third kappa shape index (κ3) is 4.52. The van der Waals surface area contributed by atoms with Crippen LogP contribution in [-0.4, -0.2) is 28.3 Å². The molecule has 1 amide bonds.